The highest BCUT2D eigenvalue weighted by Crippen LogP contribution is 2.32. The molecule has 12 heteroatoms. The third kappa shape index (κ3) is 9.77. The summed E-state index contributed by atoms with van der Waals surface area (Å²) in [6, 6.07) is 12.0. The second kappa shape index (κ2) is 17.1. The van der Waals surface area contributed by atoms with Gasteiger partial charge in [-0.1, -0.05) is 82.5 Å². The lowest BCUT2D eigenvalue weighted by Crippen LogP contribution is -2.64. The molecule has 1 saturated carbocycles. The van der Waals surface area contributed by atoms with E-state index in [1.54, 1.807) is 39.8 Å². The molecule has 0 bridgehead atoms. The molecule has 262 valence electrons. The van der Waals surface area contributed by atoms with E-state index in [9.17, 15) is 23.6 Å². The van der Waals surface area contributed by atoms with Gasteiger partial charge in [-0.3, -0.25) is 24.6 Å². The van der Waals surface area contributed by atoms with Crippen LogP contribution >= 0.6 is 0 Å². The van der Waals surface area contributed by atoms with Gasteiger partial charge in [-0.25, -0.2) is 4.39 Å². The Morgan fingerprint density at radius 2 is 1.48 bits per heavy atom. The number of nitrogens with one attached hydrogen (secondary N) is 6. The van der Waals surface area contributed by atoms with Crippen LogP contribution in [-0.4, -0.2) is 53.3 Å². The lowest BCUT2D eigenvalue weighted by atomic mass is 9.89. The molecule has 1 aliphatic rings. The van der Waals surface area contributed by atoms with E-state index >= 15 is 0 Å². The molecule has 8 N–H and O–H groups in total. The van der Waals surface area contributed by atoms with E-state index in [-0.39, 0.29) is 30.1 Å². The first kappa shape index (κ1) is 38.0. The molecule has 48 heavy (non-hydrogen) atoms. The quantitative estimate of drug-likeness (QED) is 0.0814. The molecule has 0 aliphatic heterocycles. The molecule has 1 aliphatic carbocycles. The van der Waals surface area contributed by atoms with Crippen molar-refractivity contribution in [3.8, 4) is 0 Å². The highest BCUT2D eigenvalue weighted by Gasteiger charge is 2.45. The Bertz CT molecular complexity index is 1370. The predicted molar refractivity (Wildman–Crippen MR) is 184 cm³/mol. The van der Waals surface area contributed by atoms with Crippen molar-refractivity contribution in [2.75, 3.05) is 6.54 Å². The Labute approximate surface area is 283 Å². The summed E-state index contributed by atoms with van der Waals surface area (Å²) in [4.78, 5) is 54.8. The zero-order valence-electron chi connectivity index (χ0n) is 28.8. The van der Waals surface area contributed by atoms with E-state index < -0.39 is 40.8 Å². The van der Waals surface area contributed by atoms with Gasteiger partial charge in [0.05, 0.1) is 6.04 Å². The number of rotatable bonds is 16. The molecule has 0 saturated heterocycles. The summed E-state index contributed by atoms with van der Waals surface area (Å²) in [6.07, 6.45) is 3.44. The number of benzene rings is 2. The van der Waals surface area contributed by atoms with Crippen LogP contribution in [0.25, 0.3) is 0 Å². The summed E-state index contributed by atoms with van der Waals surface area (Å²) in [6.45, 7) is 9.36. The summed E-state index contributed by atoms with van der Waals surface area (Å²) in [5, 5.41) is 22.1. The number of carbonyl (C=O) groups is 4. The van der Waals surface area contributed by atoms with Crippen LogP contribution < -0.4 is 32.3 Å². The number of amides is 4. The molecule has 2 aromatic rings. The predicted octanol–water partition coefficient (Wildman–Crippen LogP) is 3.85. The van der Waals surface area contributed by atoms with Gasteiger partial charge < -0.3 is 32.3 Å². The molecule has 2 atom stereocenters. The topological polar surface area (TPSA) is 178 Å². The smallest absolute Gasteiger partial charge is 0.246 e. The third-order valence-corrected chi connectivity index (χ3v) is 9.28. The van der Waals surface area contributed by atoms with Crippen LogP contribution in [0.5, 0.6) is 0 Å². The third-order valence-electron chi connectivity index (χ3n) is 9.28. The van der Waals surface area contributed by atoms with Crippen LogP contribution in [-0.2, 0) is 19.2 Å². The normalized spacial score (nSPS) is 15.2. The van der Waals surface area contributed by atoms with Crippen molar-refractivity contribution < 1.29 is 23.6 Å². The van der Waals surface area contributed by atoms with E-state index in [1.807, 2.05) is 31.2 Å². The molecular weight excluding hydrogens is 613 g/mol. The number of hydrogen-bond donors (Lipinski definition) is 7. The Kier molecular flexibility index (Phi) is 13.5. The van der Waals surface area contributed by atoms with E-state index in [4.69, 9.17) is 11.1 Å². The maximum atomic E-state index is 14.2. The number of hydrogen-bond acceptors (Lipinski definition) is 5. The fraction of sp³-hybridized carbons (Fsp3) is 0.528. The Hall–Kier alpha value is -4.48. The van der Waals surface area contributed by atoms with Crippen LogP contribution in [0.15, 0.2) is 48.5 Å². The number of nitrogens with two attached hydrogens (primary N) is 1. The SMILES string of the molecule is CCC(CC)(NC(=O)C(C)C)C(=O)N[C@@H](CCCNC(=N)N)C(=O)NC1(C(=O)NC(c2ccc(C)cc2)c2ccc(F)cc2)CCCC1. The maximum Gasteiger partial charge on any atom is 0.246 e. The molecule has 4 amide bonds. The molecule has 0 radical (unpaired) electrons. The van der Waals surface area contributed by atoms with Crippen LogP contribution in [0.4, 0.5) is 4.39 Å². The van der Waals surface area contributed by atoms with Crippen molar-refractivity contribution in [3.05, 3.63) is 71.0 Å². The molecular formula is C36H52FN7O4. The molecule has 1 fully saturated rings. The van der Waals surface area contributed by atoms with Crippen LogP contribution in [0.2, 0.25) is 0 Å². The minimum atomic E-state index is -1.24. The van der Waals surface area contributed by atoms with Crippen LogP contribution in [0.1, 0.15) is 102 Å². The first-order valence-electron chi connectivity index (χ1n) is 16.9. The van der Waals surface area contributed by atoms with Gasteiger partial charge in [-0.15, -0.1) is 0 Å². The van der Waals surface area contributed by atoms with E-state index in [2.05, 4.69) is 26.6 Å². The van der Waals surface area contributed by atoms with Crippen molar-refractivity contribution in [1.29, 1.82) is 5.41 Å². The van der Waals surface area contributed by atoms with Crippen molar-refractivity contribution in [1.82, 2.24) is 26.6 Å². The lowest BCUT2D eigenvalue weighted by molar-refractivity contribution is -0.139. The zero-order valence-corrected chi connectivity index (χ0v) is 28.8. The van der Waals surface area contributed by atoms with Crippen molar-refractivity contribution >= 4 is 29.6 Å². The fourth-order valence-corrected chi connectivity index (χ4v) is 6.03. The first-order valence-corrected chi connectivity index (χ1v) is 16.9. The van der Waals surface area contributed by atoms with E-state index in [1.165, 1.54) is 12.1 Å². The van der Waals surface area contributed by atoms with Crippen LogP contribution in [0, 0.1) is 24.1 Å². The fourth-order valence-electron chi connectivity index (χ4n) is 6.03. The second-order valence-electron chi connectivity index (χ2n) is 13.1. The number of guanidine groups is 1. The monoisotopic (exact) mass is 665 g/mol. The van der Waals surface area contributed by atoms with E-state index in [0.717, 1.165) is 24.0 Å². The van der Waals surface area contributed by atoms with E-state index in [0.29, 0.717) is 44.2 Å². The van der Waals surface area contributed by atoms with Crippen LogP contribution in [0.3, 0.4) is 0 Å². The molecule has 0 spiro atoms. The summed E-state index contributed by atoms with van der Waals surface area (Å²) in [7, 11) is 0. The largest absolute Gasteiger partial charge is 0.370 e. The number of aryl methyl sites for hydroxylation is 1. The molecule has 2 aromatic carbocycles. The first-order chi connectivity index (χ1) is 22.8. The van der Waals surface area contributed by atoms with Gasteiger partial charge in [-0.2, -0.15) is 0 Å². The standard InChI is InChI=1S/C36H52FN7O4/c1-6-35(7-2,43-30(45)23(3)4)32(47)41-28(11-10-22-40-34(38)39)31(46)44-36(20-8-9-21-36)33(48)42-29(25-14-12-24(5)13-15-25)26-16-18-27(37)19-17-26/h12-19,23,28-29H,6-11,20-22H2,1-5H3,(H,41,47)(H,42,48)(H,43,45)(H,44,46)(H4,38,39,40)/t28-,29?/m0/s1. The molecule has 1 unspecified atom stereocenters. The average molecular weight is 666 g/mol. The summed E-state index contributed by atoms with van der Waals surface area (Å²) in [5.41, 5.74) is 5.52. The zero-order chi connectivity index (χ0) is 35.5. The molecule has 11 nitrogen and oxygen atoms in total. The molecule has 0 aromatic heterocycles. The van der Waals surface area contributed by atoms with Gasteiger partial charge in [0.15, 0.2) is 5.96 Å². The molecule has 0 heterocycles. The lowest BCUT2D eigenvalue weighted by Gasteiger charge is -2.36. The Balaban J connectivity index is 1.90. The number of halogens is 1. The molecule has 3 rings (SSSR count). The Morgan fingerprint density at radius 1 is 0.917 bits per heavy atom. The van der Waals surface area contributed by atoms with Gasteiger partial charge in [0.25, 0.3) is 0 Å². The van der Waals surface area contributed by atoms with Gasteiger partial charge in [-0.05, 0) is 68.7 Å². The minimum absolute atomic E-state index is 0.193. The summed E-state index contributed by atoms with van der Waals surface area (Å²) in [5.74, 6) is -2.59. The number of carbonyl (C=O) groups excluding carboxylic acids is 4. The summed E-state index contributed by atoms with van der Waals surface area (Å²) < 4.78 is 13.8. The van der Waals surface area contributed by atoms with Crippen molar-refractivity contribution in [3.63, 3.8) is 0 Å². The second-order valence-corrected chi connectivity index (χ2v) is 13.1. The summed E-state index contributed by atoms with van der Waals surface area (Å²) >= 11 is 0. The highest BCUT2D eigenvalue weighted by molar-refractivity contribution is 5.97. The highest BCUT2D eigenvalue weighted by atomic mass is 19.1. The Morgan fingerprint density at radius 3 is 2.00 bits per heavy atom. The van der Waals surface area contributed by atoms with Gasteiger partial charge >= 0.3 is 0 Å². The van der Waals surface area contributed by atoms with Crippen molar-refractivity contribution in [2.24, 2.45) is 11.7 Å². The average Bonchev–Trinajstić information content (AvgIpc) is 3.54. The van der Waals surface area contributed by atoms with Gasteiger partial charge in [0.2, 0.25) is 23.6 Å². The minimum Gasteiger partial charge on any atom is -0.370 e. The maximum absolute atomic E-state index is 14.2. The van der Waals surface area contributed by atoms with Gasteiger partial charge in [0.1, 0.15) is 22.9 Å². The van der Waals surface area contributed by atoms with Gasteiger partial charge in [0, 0.05) is 12.5 Å². The van der Waals surface area contributed by atoms with Crippen molar-refractivity contribution in [2.45, 2.75) is 109 Å².